The Morgan fingerprint density at radius 2 is 1.91 bits per heavy atom. The van der Waals surface area contributed by atoms with Gasteiger partial charge >= 0.3 is 12.1 Å². The van der Waals surface area contributed by atoms with Crippen molar-refractivity contribution in [2.75, 3.05) is 5.32 Å². The molecule has 9 nitrogen and oxygen atoms in total. The van der Waals surface area contributed by atoms with Gasteiger partial charge in [-0.3, -0.25) is 19.4 Å². The van der Waals surface area contributed by atoms with Crippen LogP contribution in [0, 0.1) is 0 Å². The Labute approximate surface area is 193 Å². The predicted molar refractivity (Wildman–Crippen MR) is 120 cm³/mol. The van der Waals surface area contributed by atoms with Crippen LogP contribution in [0.15, 0.2) is 47.2 Å². The summed E-state index contributed by atoms with van der Waals surface area (Å²) in [5.41, 5.74) is -0.0591. The topological polar surface area (TPSA) is 135 Å². The minimum absolute atomic E-state index is 0.164. The number of nitrogens with one attached hydrogen (secondary N) is 2. The second-order valence-electron chi connectivity index (χ2n) is 7.88. The van der Waals surface area contributed by atoms with E-state index in [9.17, 15) is 19.2 Å². The maximum Gasteiger partial charge on any atom is 0.408 e. The number of carboxylic acids is 1. The highest BCUT2D eigenvalue weighted by atomic mass is 79.9. The van der Waals surface area contributed by atoms with Crippen LogP contribution < -0.4 is 10.6 Å². The molecule has 10 heteroatoms. The number of hydrogen-bond acceptors (Lipinski definition) is 6. The fourth-order valence-corrected chi connectivity index (χ4v) is 3.03. The zero-order valence-electron chi connectivity index (χ0n) is 17.8. The molecule has 2 aromatic rings. The Bertz CT molecular complexity index is 1000. The summed E-state index contributed by atoms with van der Waals surface area (Å²) in [5.74, 6) is -2.17. The number of pyridine rings is 1. The lowest BCUT2D eigenvalue weighted by Crippen LogP contribution is -2.46. The number of benzene rings is 1. The number of anilines is 1. The number of carbonyl (C=O) groups excluding carboxylic acids is 3. The van der Waals surface area contributed by atoms with E-state index < -0.39 is 29.6 Å². The number of ketones is 1. The highest BCUT2D eigenvalue weighted by Crippen LogP contribution is 2.24. The summed E-state index contributed by atoms with van der Waals surface area (Å²) in [7, 11) is 0. The normalized spacial score (nSPS) is 11.9. The maximum atomic E-state index is 12.9. The van der Waals surface area contributed by atoms with E-state index in [2.05, 4.69) is 31.5 Å². The molecular formula is C22H24BrN3O6. The fourth-order valence-electron chi connectivity index (χ4n) is 2.67. The van der Waals surface area contributed by atoms with Crippen LogP contribution in [-0.4, -0.2) is 45.5 Å². The van der Waals surface area contributed by atoms with E-state index in [-0.39, 0.29) is 29.9 Å². The van der Waals surface area contributed by atoms with Gasteiger partial charge in [0.1, 0.15) is 11.6 Å². The van der Waals surface area contributed by atoms with Crippen molar-refractivity contribution in [1.82, 2.24) is 10.3 Å². The van der Waals surface area contributed by atoms with Crippen molar-refractivity contribution in [2.45, 2.75) is 45.3 Å². The Hall–Kier alpha value is -3.27. The van der Waals surface area contributed by atoms with Gasteiger partial charge in [-0.25, -0.2) is 4.79 Å². The van der Waals surface area contributed by atoms with Crippen LogP contribution in [0.1, 0.15) is 49.5 Å². The molecule has 0 bridgehead atoms. The minimum atomic E-state index is -1.19. The molecule has 1 atom stereocenters. The van der Waals surface area contributed by atoms with Crippen molar-refractivity contribution in [2.24, 2.45) is 0 Å². The van der Waals surface area contributed by atoms with Gasteiger partial charge < -0.3 is 20.5 Å². The Morgan fingerprint density at radius 3 is 2.50 bits per heavy atom. The number of ether oxygens (including phenoxy) is 1. The molecule has 0 aliphatic carbocycles. The second kappa shape index (κ2) is 10.9. The number of nitrogens with zero attached hydrogens (tertiary/aromatic N) is 1. The monoisotopic (exact) mass is 505 g/mol. The zero-order chi connectivity index (χ0) is 23.9. The van der Waals surface area contributed by atoms with Gasteiger partial charge in [0, 0.05) is 34.4 Å². The zero-order valence-corrected chi connectivity index (χ0v) is 19.4. The standard InChI is InChI=1S/C22H24BrN3O6/c1-22(2,3)32-21(31)26-17(8-9-18(27)28)20(30)25-16-7-6-14(23)11-15(16)19(29)13-5-4-10-24-12-13/h4-7,10-12,17H,8-9H2,1-3H3,(H,25,30)(H,26,31)(H,27,28). The Balaban J connectivity index is 2.27. The van der Waals surface area contributed by atoms with E-state index in [1.807, 2.05) is 0 Å². The molecule has 0 fully saturated rings. The summed E-state index contributed by atoms with van der Waals surface area (Å²) >= 11 is 3.31. The third-order valence-corrected chi connectivity index (χ3v) is 4.56. The highest BCUT2D eigenvalue weighted by Gasteiger charge is 2.26. The summed E-state index contributed by atoms with van der Waals surface area (Å²) in [6.07, 6.45) is 1.58. The number of rotatable bonds is 8. The molecule has 170 valence electrons. The molecule has 2 amide bonds. The lowest BCUT2D eigenvalue weighted by atomic mass is 10.0. The van der Waals surface area contributed by atoms with E-state index in [0.717, 1.165) is 0 Å². The van der Waals surface area contributed by atoms with E-state index in [4.69, 9.17) is 9.84 Å². The predicted octanol–water partition coefficient (Wildman–Crippen LogP) is 3.77. The first kappa shape index (κ1) is 25.0. The van der Waals surface area contributed by atoms with Crippen molar-refractivity contribution in [1.29, 1.82) is 0 Å². The molecule has 0 aliphatic rings. The van der Waals surface area contributed by atoms with Crippen LogP contribution in [0.25, 0.3) is 0 Å². The molecule has 0 saturated heterocycles. The number of carbonyl (C=O) groups is 4. The third-order valence-electron chi connectivity index (χ3n) is 4.06. The number of alkyl carbamates (subject to hydrolysis) is 1. The summed E-state index contributed by atoms with van der Waals surface area (Å²) < 4.78 is 5.79. The molecule has 1 unspecified atom stereocenters. The molecule has 1 aromatic heterocycles. The highest BCUT2D eigenvalue weighted by molar-refractivity contribution is 9.10. The number of carboxylic acid groups (broad SMARTS) is 1. The first-order valence-corrected chi connectivity index (χ1v) is 10.5. The summed E-state index contributed by atoms with van der Waals surface area (Å²) in [6.45, 7) is 4.99. The van der Waals surface area contributed by atoms with Crippen LogP contribution in [0.3, 0.4) is 0 Å². The maximum absolute atomic E-state index is 12.9. The quantitative estimate of drug-likeness (QED) is 0.464. The lowest BCUT2D eigenvalue weighted by Gasteiger charge is -2.23. The first-order chi connectivity index (χ1) is 15.0. The molecule has 32 heavy (non-hydrogen) atoms. The third kappa shape index (κ3) is 7.77. The molecule has 0 aliphatic heterocycles. The van der Waals surface area contributed by atoms with Gasteiger partial charge in [0.05, 0.1) is 5.69 Å². The van der Waals surface area contributed by atoms with Crippen LogP contribution in [0.5, 0.6) is 0 Å². The molecule has 3 N–H and O–H groups in total. The average Bonchev–Trinajstić information content (AvgIpc) is 2.71. The first-order valence-electron chi connectivity index (χ1n) is 9.72. The van der Waals surface area contributed by atoms with Crippen LogP contribution >= 0.6 is 15.9 Å². The van der Waals surface area contributed by atoms with Crippen molar-refractivity contribution in [3.63, 3.8) is 0 Å². The Kier molecular flexibility index (Phi) is 8.48. The number of hydrogen-bond donors (Lipinski definition) is 3. The Morgan fingerprint density at radius 1 is 1.19 bits per heavy atom. The van der Waals surface area contributed by atoms with Crippen molar-refractivity contribution < 1.29 is 29.0 Å². The van der Waals surface area contributed by atoms with E-state index in [1.54, 1.807) is 45.0 Å². The average molecular weight is 506 g/mol. The summed E-state index contributed by atoms with van der Waals surface area (Å²) in [5, 5.41) is 14.0. The minimum Gasteiger partial charge on any atom is -0.481 e. The second-order valence-corrected chi connectivity index (χ2v) is 8.80. The van der Waals surface area contributed by atoms with Gasteiger partial charge in [0.15, 0.2) is 5.78 Å². The van der Waals surface area contributed by atoms with E-state index in [0.29, 0.717) is 10.0 Å². The van der Waals surface area contributed by atoms with Crippen molar-refractivity contribution in [3.8, 4) is 0 Å². The lowest BCUT2D eigenvalue weighted by molar-refractivity contribution is -0.137. The molecular weight excluding hydrogens is 482 g/mol. The van der Waals surface area contributed by atoms with Crippen LogP contribution in [0.2, 0.25) is 0 Å². The largest absolute Gasteiger partial charge is 0.481 e. The summed E-state index contributed by atoms with van der Waals surface area (Å²) in [4.78, 5) is 52.9. The smallest absolute Gasteiger partial charge is 0.408 e. The fraction of sp³-hybridized carbons (Fsp3) is 0.318. The van der Waals surface area contributed by atoms with E-state index in [1.165, 1.54) is 18.5 Å². The number of amides is 2. The van der Waals surface area contributed by atoms with Gasteiger partial charge in [-0.2, -0.15) is 0 Å². The van der Waals surface area contributed by atoms with Gasteiger partial charge in [-0.05, 0) is 57.5 Å². The number of aromatic nitrogens is 1. The van der Waals surface area contributed by atoms with Gasteiger partial charge in [0.25, 0.3) is 0 Å². The van der Waals surface area contributed by atoms with Gasteiger partial charge in [-0.15, -0.1) is 0 Å². The number of halogens is 1. The molecule has 2 rings (SSSR count). The van der Waals surface area contributed by atoms with Gasteiger partial charge in [-0.1, -0.05) is 15.9 Å². The van der Waals surface area contributed by atoms with Gasteiger partial charge in [0.2, 0.25) is 5.91 Å². The van der Waals surface area contributed by atoms with Crippen molar-refractivity contribution in [3.05, 3.63) is 58.3 Å². The molecule has 0 spiro atoms. The SMILES string of the molecule is CC(C)(C)OC(=O)NC(CCC(=O)O)C(=O)Nc1ccc(Br)cc1C(=O)c1cccnc1. The number of aliphatic carboxylic acids is 1. The molecule has 0 saturated carbocycles. The van der Waals surface area contributed by atoms with Crippen LogP contribution in [-0.2, 0) is 14.3 Å². The molecule has 1 heterocycles. The molecule has 0 radical (unpaired) electrons. The summed E-state index contributed by atoms with van der Waals surface area (Å²) in [6, 6.07) is 6.76. The van der Waals surface area contributed by atoms with Crippen molar-refractivity contribution >= 4 is 45.4 Å². The molecule has 1 aromatic carbocycles. The van der Waals surface area contributed by atoms with E-state index >= 15 is 0 Å². The van der Waals surface area contributed by atoms with Crippen LogP contribution in [0.4, 0.5) is 10.5 Å².